The van der Waals surface area contributed by atoms with Gasteiger partial charge >= 0.3 is 0 Å². The largest absolute Gasteiger partial charge is 0.394 e. The minimum atomic E-state index is -0.974. The molecule has 4 nitrogen and oxygen atoms in total. The van der Waals surface area contributed by atoms with Crippen molar-refractivity contribution in [3.63, 3.8) is 0 Å². The number of benzene rings is 1. The van der Waals surface area contributed by atoms with Crippen LogP contribution in [0.15, 0.2) is 28.7 Å². The highest BCUT2D eigenvalue weighted by Gasteiger charge is 2.24. The van der Waals surface area contributed by atoms with Gasteiger partial charge in [0, 0.05) is 4.47 Å². The van der Waals surface area contributed by atoms with E-state index in [0.29, 0.717) is 0 Å². The molecule has 0 saturated carbocycles. The molecule has 0 unspecified atom stereocenters. The van der Waals surface area contributed by atoms with E-state index in [9.17, 15) is 4.79 Å². The topological polar surface area (TPSA) is 69.6 Å². The smallest absolute Gasteiger partial charge is 0.225 e. The molecule has 0 heterocycles. The van der Waals surface area contributed by atoms with E-state index in [4.69, 9.17) is 10.2 Å². The summed E-state index contributed by atoms with van der Waals surface area (Å²) in [5, 5.41) is 20.8. The second-order valence-corrected chi connectivity index (χ2v) is 5.05. The van der Waals surface area contributed by atoms with Gasteiger partial charge < -0.3 is 15.5 Å². The molecule has 3 N–H and O–H groups in total. The standard InChI is InChI=1S/C12H16BrNO3/c1-12(7-15,8-16)14-11(17)6-9-4-2-3-5-10(9)13/h2-5,15-16H,6-8H2,1H3,(H,14,17). The zero-order chi connectivity index (χ0) is 12.9. The normalized spacial score (nSPS) is 11.3. The quantitative estimate of drug-likeness (QED) is 0.755. The molecule has 0 spiro atoms. The Morgan fingerprint density at radius 2 is 1.94 bits per heavy atom. The van der Waals surface area contributed by atoms with Crippen LogP contribution in [0.5, 0.6) is 0 Å². The van der Waals surface area contributed by atoms with Gasteiger partial charge in [-0.3, -0.25) is 4.79 Å². The average molecular weight is 302 g/mol. The Morgan fingerprint density at radius 1 is 1.35 bits per heavy atom. The first kappa shape index (κ1) is 14.2. The number of nitrogens with one attached hydrogen (secondary N) is 1. The molecular formula is C12H16BrNO3. The Bertz CT molecular complexity index is 391. The number of hydrogen-bond acceptors (Lipinski definition) is 3. The summed E-state index contributed by atoms with van der Waals surface area (Å²) in [7, 11) is 0. The lowest BCUT2D eigenvalue weighted by Crippen LogP contribution is -2.52. The van der Waals surface area contributed by atoms with Crippen LogP contribution in [-0.2, 0) is 11.2 Å². The van der Waals surface area contributed by atoms with Crippen molar-refractivity contribution < 1.29 is 15.0 Å². The van der Waals surface area contributed by atoms with Gasteiger partial charge in [0.15, 0.2) is 0 Å². The van der Waals surface area contributed by atoms with Gasteiger partial charge in [0.05, 0.1) is 25.2 Å². The Hall–Kier alpha value is -0.910. The van der Waals surface area contributed by atoms with Crippen LogP contribution in [0.4, 0.5) is 0 Å². The molecule has 5 heteroatoms. The minimum absolute atomic E-state index is 0.205. The van der Waals surface area contributed by atoms with Crippen molar-refractivity contribution in [2.24, 2.45) is 0 Å². The van der Waals surface area contributed by atoms with Crippen LogP contribution in [0, 0.1) is 0 Å². The fourth-order valence-electron chi connectivity index (χ4n) is 1.32. The highest BCUT2D eigenvalue weighted by Crippen LogP contribution is 2.16. The van der Waals surface area contributed by atoms with Crippen LogP contribution in [0.25, 0.3) is 0 Å². The first-order valence-corrected chi connectivity index (χ1v) is 6.06. The Kier molecular flexibility index (Phi) is 5.11. The fourth-order valence-corrected chi connectivity index (χ4v) is 1.75. The summed E-state index contributed by atoms with van der Waals surface area (Å²) in [5.41, 5.74) is -0.110. The molecule has 94 valence electrons. The Morgan fingerprint density at radius 3 is 2.47 bits per heavy atom. The number of aliphatic hydroxyl groups is 2. The van der Waals surface area contributed by atoms with Crippen molar-refractivity contribution in [1.82, 2.24) is 5.32 Å². The molecule has 0 fully saturated rings. The van der Waals surface area contributed by atoms with Crippen molar-refractivity contribution in [2.45, 2.75) is 18.9 Å². The molecule has 0 aliphatic carbocycles. The van der Waals surface area contributed by atoms with Gasteiger partial charge in [-0.1, -0.05) is 34.1 Å². The average Bonchev–Trinajstić information content (AvgIpc) is 2.32. The first-order chi connectivity index (χ1) is 8.00. The van der Waals surface area contributed by atoms with E-state index in [1.165, 1.54) is 0 Å². The molecule has 0 saturated heterocycles. The van der Waals surface area contributed by atoms with E-state index in [2.05, 4.69) is 21.2 Å². The van der Waals surface area contributed by atoms with Crippen molar-refractivity contribution in [3.8, 4) is 0 Å². The molecule has 0 aliphatic heterocycles. The number of aliphatic hydroxyl groups excluding tert-OH is 2. The third-order valence-corrected chi connectivity index (χ3v) is 3.22. The summed E-state index contributed by atoms with van der Waals surface area (Å²) in [4.78, 5) is 11.7. The number of rotatable bonds is 5. The summed E-state index contributed by atoms with van der Waals surface area (Å²) >= 11 is 3.36. The third-order valence-electron chi connectivity index (χ3n) is 2.45. The van der Waals surface area contributed by atoms with E-state index in [1.807, 2.05) is 24.3 Å². The number of carbonyl (C=O) groups is 1. The molecular weight excluding hydrogens is 286 g/mol. The van der Waals surface area contributed by atoms with E-state index in [0.717, 1.165) is 10.0 Å². The van der Waals surface area contributed by atoms with Gasteiger partial charge in [0.1, 0.15) is 0 Å². The molecule has 1 aromatic rings. The molecule has 0 aromatic heterocycles. The van der Waals surface area contributed by atoms with Crippen molar-refractivity contribution >= 4 is 21.8 Å². The lowest BCUT2D eigenvalue weighted by atomic mass is 10.0. The van der Waals surface area contributed by atoms with Crippen LogP contribution in [-0.4, -0.2) is 34.9 Å². The SMILES string of the molecule is CC(CO)(CO)NC(=O)Cc1ccccc1Br. The first-order valence-electron chi connectivity index (χ1n) is 5.27. The van der Waals surface area contributed by atoms with E-state index in [1.54, 1.807) is 6.92 Å². The molecule has 0 bridgehead atoms. The maximum atomic E-state index is 11.7. The van der Waals surface area contributed by atoms with Gasteiger partial charge in [0.25, 0.3) is 0 Å². The van der Waals surface area contributed by atoms with Crippen LogP contribution in [0.2, 0.25) is 0 Å². The summed E-state index contributed by atoms with van der Waals surface area (Å²) < 4.78 is 0.866. The summed E-state index contributed by atoms with van der Waals surface area (Å²) in [6, 6.07) is 7.43. The molecule has 1 rings (SSSR count). The molecule has 0 aliphatic rings. The van der Waals surface area contributed by atoms with Crippen LogP contribution in [0.1, 0.15) is 12.5 Å². The summed E-state index contributed by atoms with van der Waals surface area (Å²) in [6.45, 7) is 0.987. The van der Waals surface area contributed by atoms with E-state index in [-0.39, 0.29) is 25.5 Å². The van der Waals surface area contributed by atoms with Crippen LogP contribution >= 0.6 is 15.9 Å². The fraction of sp³-hybridized carbons (Fsp3) is 0.417. The zero-order valence-electron chi connectivity index (χ0n) is 9.61. The highest BCUT2D eigenvalue weighted by molar-refractivity contribution is 9.10. The number of carbonyl (C=O) groups excluding carboxylic acids is 1. The van der Waals surface area contributed by atoms with Crippen molar-refractivity contribution in [1.29, 1.82) is 0 Å². The second-order valence-electron chi connectivity index (χ2n) is 4.19. The van der Waals surface area contributed by atoms with Gasteiger partial charge in [-0.15, -0.1) is 0 Å². The maximum absolute atomic E-state index is 11.7. The molecule has 1 aromatic carbocycles. The predicted octanol–water partition coefficient (Wildman–Crippen LogP) is 0.851. The number of hydrogen-bond donors (Lipinski definition) is 3. The Balaban J connectivity index is 2.65. The summed E-state index contributed by atoms with van der Waals surface area (Å²) in [6.07, 6.45) is 0.205. The summed E-state index contributed by atoms with van der Waals surface area (Å²) in [5.74, 6) is -0.234. The Labute approximate surface area is 109 Å². The minimum Gasteiger partial charge on any atom is -0.394 e. The molecule has 0 radical (unpaired) electrons. The highest BCUT2D eigenvalue weighted by atomic mass is 79.9. The van der Waals surface area contributed by atoms with Crippen LogP contribution < -0.4 is 5.32 Å². The third kappa shape index (κ3) is 4.11. The van der Waals surface area contributed by atoms with Gasteiger partial charge in [0.2, 0.25) is 5.91 Å². The molecule has 0 atom stereocenters. The lowest BCUT2D eigenvalue weighted by molar-refractivity contribution is -0.123. The number of halogens is 1. The predicted molar refractivity (Wildman–Crippen MR) is 68.6 cm³/mol. The molecule has 1 amide bonds. The van der Waals surface area contributed by atoms with Crippen molar-refractivity contribution in [3.05, 3.63) is 34.3 Å². The van der Waals surface area contributed by atoms with Crippen LogP contribution in [0.3, 0.4) is 0 Å². The maximum Gasteiger partial charge on any atom is 0.225 e. The second kappa shape index (κ2) is 6.14. The van der Waals surface area contributed by atoms with E-state index < -0.39 is 5.54 Å². The van der Waals surface area contributed by atoms with Gasteiger partial charge in [-0.2, -0.15) is 0 Å². The van der Waals surface area contributed by atoms with Gasteiger partial charge in [-0.25, -0.2) is 0 Å². The lowest BCUT2D eigenvalue weighted by Gasteiger charge is -2.26. The van der Waals surface area contributed by atoms with Gasteiger partial charge in [-0.05, 0) is 18.6 Å². The number of amides is 1. The molecule has 17 heavy (non-hydrogen) atoms. The van der Waals surface area contributed by atoms with E-state index >= 15 is 0 Å². The zero-order valence-corrected chi connectivity index (χ0v) is 11.2. The monoisotopic (exact) mass is 301 g/mol. The van der Waals surface area contributed by atoms with Crippen molar-refractivity contribution in [2.75, 3.05) is 13.2 Å².